The largest absolute Gasteiger partial charge is 0.469 e. The standard InChI is InChI=1S/C18H28N6O/c1-2-19-18(20-11-9-15-7-6-14-25-15)21-12-10-17-23-22-16-8-4-3-5-13-24(16)17/h6-7,14H,2-5,8-13H2,1H3,(H2,19,20,21). The van der Waals surface area contributed by atoms with E-state index in [1.165, 1.54) is 19.3 Å². The van der Waals surface area contributed by atoms with Gasteiger partial charge in [0.2, 0.25) is 0 Å². The quantitative estimate of drug-likeness (QED) is 0.593. The molecule has 1 aliphatic heterocycles. The topological polar surface area (TPSA) is 80.3 Å². The first-order chi connectivity index (χ1) is 12.4. The Morgan fingerprint density at radius 3 is 3.04 bits per heavy atom. The summed E-state index contributed by atoms with van der Waals surface area (Å²) in [5, 5.41) is 15.4. The van der Waals surface area contributed by atoms with Gasteiger partial charge in [0.05, 0.1) is 6.26 Å². The lowest BCUT2D eigenvalue weighted by molar-refractivity contribution is 0.510. The maximum Gasteiger partial charge on any atom is 0.191 e. The summed E-state index contributed by atoms with van der Waals surface area (Å²) in [6.45, 7) is 5.46. The van der Waals surface area contributed by atoms with E-state index in [0.29, 0.717) is 6.54 Å². The second-order valence-corrected chi connectivity index (χ2v) is 6.26. The van der Waals surface area contributed by atoms with E-state index in [4.69, 9.17) is 4.42 Å². The van der Waals surface area contributed by atoms with Gasteiger partial charge in [0.25, 0.3) is 0 Å². The van der Waals surface area contributed by atoms with Gasteiger partial charge in [-0.1, -0.05) is 6.42 Å². The number of nitrogens with zero attached hydrogens (tertiary/aromatic N) is 4. The number of aryl methyl sites for hydroxylation is 1. The Morgan fingerprint density at radius 1 is 1.24 bits per heavy atom. The van der Waals surface area contributed by atoms with Crippen LogP contribution in [-0.2, 0) is 25.8 Å². The number of guanidine groups is 1. The van der Waals surface area contributed by atoms with Gasteiger partial charge in [-0.25, -0.2) is 0 Å². The molecule has 3 heterocycles. The molecule has 0 saturated carbocycles. The highest BCUT2D eigenvalue weighted by molar-refractivity contribution is 5.79. The van der Waals surface area contributed by atoms with Crippen LogP contribution in [0, 0.1) is 0 Å². The zero-order chi connectivity index (χ0) is 17.3. The monoisotopic (exact) mass is 344 g/mol. The van der Waals surface area contributed by atoms with E-state index in [-0.39, 0.29) is 0 Å². The summed E-state index contributed by atoms with van der Waals surface area (Å²) in [7, 11) is 0. The number of hydrogen-bond acceptors (Lipinski definition) is 4. The van der Waals surface area contributed by atoms with E-state index in [0.717, 1.165) is 62.3 Å². The summed E-state index contributed by atoms with van der Waals surface area (Å²) < 4.78 is 7.64. The Kier molecular flexibility index (Phi) is 6.48. The van der Waals surface area contributed by atoms with Crippen molar-refractivity contribution in [3.8, 4) is 0 Å². The Hall–Kier alpha value is -2.31. The van der Waals surface area contributed by atoms with Gasteiger partial charge in [-0.2, -0.15) is 0 Å². The molecule has 0 spiro atoms. The Bertz CT molecular complexity index is 661. The average Bonchev–Trinajstić information content (AvgIpc) is 3.20. The van der Waals surface area contributed by atoms with Gasteiger partial charge in [-0.3, -0.25) is 4.99 Å². The molecule has 0 radical (unpaired) electrons. The molecule has 0 aromatic carbocycles. The minimum absolute atomic E-state index is 0.698. The van der Waals surface area contributed by atoms with Crippen LogP contribution in [0.5, 0.6) is 0 Å². The predicted molar refractivity (Wildman–Crippen MR) is 97.7 cm³/mol. The molecule has 2 aromatic heterocycles. The van der Waals surface area contributed by atoms with Crippen molar-refractivity contribution in [3.05, 3.63) is 35.8 Å². The first kappa shape index (κ1) is 17.5. The van der Waals surface area contributed by atoms with Crippen molar-refractivity contribution in [1.82, 2.24) is 25.4 Å². The molecule has 0 bridgehead atoms. The molecule has 136 valence electrons. The molecule has 7 nitrogen and oxygen atoms in total. The highest BCUT2D eigenvalue weighted by Gasteiger charge is 2.14. The van der Waals surface area contributed by atoms with E-state index in [1.54, 1.807) is 6.26 Å². The van der Waals surface area contributed by atoms with Crippen LogP contribution in [0.25, 0.3) is 0 Å². The molecule has 0 fully saturated rings. The lowest BCUT2D eigenvalue weighted by Crippen LogP contribution is -2.38. The third-order valence-electron chi connectivity index (χ3n) is 4.38. The van der Waals surface area contributed by atoms with Crippen LogP contribution in [0.3, 0.4) is 0 Å². The van der Waals surface area contributed by atoms with Crippen molar-refractivity contribution in [2.24, 2.45) is 4.99 Å². The van der Waals surface area contributed by atoms with Crippen LogP contribution in [0.2, 0.25) is 0 Å². The van der Waals surface area contributed by atoms with Gasteiger partial charge in [0.1, 0.15) is 17.4 Å². The van der Waals surface area contributed by atoms with Crippen LogP contribution in [0.15, 0.2) is 27.8 Å². The van der Waals surface area contributed by atoms with Gasteiger partial charge in [-0.15, -0.1) is 10.2 Å². The number of aliphatic imine (C=N–C) groups is 1. The first-order valence-corrected chi connectivity index (χ1v) is 9.32. The van der Waals surface area contributed by atoms with Crippen LogP contribution in [0.4, 0.5) is 0 Å². The number of fused-ring (bicyclic) bond motifs is 1. The minimum atomic E-state index is 0.698. The lowest BCUT2D eigenvalue weighted by Gasteiger charge is -2.11. The van der Waals surface area contributed by atoms with Crippen molar-refractivity contribution in [2.45, 2.75) is 52.0 Å². The van der Waals surface area contributed by atoms with Crippen molar-refractivity contribution in [3.63, 3.8) is 0 Å². The zero-order valence-electron chi connectivity index (χ0n) is 15.0. The molecule has 3 rings (SSSR count). The van der Waals surface area contributed by atoms with Crippen LogP contribution < -0.4 is 10.6 Å². The summed E-state index contributed by atoms with van der Waals surface area (Å²) in [6, 6.07) is 3.89. The summed E-state index contributed by atoms with van der Waals surface area (Å²) >= 11 is 0. The van der Waals surface area contributed by atoms with Crippen molar-refractivity contribution in [2.75, 3.05) is 19.6 Å². The smallest absolute Gasteiger partial charge is 0.191 e. The van der Waals surface area contributed by atoms with Gasteiger partial charge >= 0.3 is 0 Å². The number of aromatic nitrogens is 3. The normalized spacial score (nSPS) is 14.8. The second kappa shape index (κ2) is 9.25. The van der Waals surface area contributed by atoms with Gasteiger partial charge in [0.15, 0.2) is 5.96 Å². The van der Waals surface area contributed by atoms with E-state index in [9.17, 15) is 0 Å². The molecular formula is C18H28N6O. The average molecular weight is 344 g/mol. The lowest BCUT2D eigenvalue weighted by atomic mass is 10.2. The van der Waals surface area contributed by atoms with Gasteiger partial charge < -0.3 is 19.6 Å². The number of rotatable bonds is 7. The molecule has 2 N–H and O–H groups in total. The molecule has 0 saturated heterocycles. The molecule has 0 aliphatic carbocycles. The third-order valence-corrected chi connectivity index (χ3v) is 4.38. The van der Waals surface area contributed by atoms with Crippen molar-refractivity contribution in [1.29, 1.82) is 0 Å². The second-order valence-electron chi connectivity index (χ2n) is 6.26. The van der Waals surface area contributed by atoms with E-state index < -0.39 is 0 Å². The first-order valence-electron chi connectivity index (χ1n) is 9.32. The Morgan fingerprint density at radius 2 is 2.20 bits per heavy atom. The highest BCUT2D eigenvalue weighted by atomic mass is 16.3. The Balaban J connectivity index is 1.49. The summed E-state index contributed by atoms with van der Waals surface area (Å²) in [5.74, 6) is 4.03. The van der Waals surface area contributed by atoms with Crippen LogP contribution in [-0.4, -0.2) is 40.4 Å². The number of nitrogens with one attached hydrogen (secondary N) is 2. The molecule has 2 aromatic rings. The van der Waals surface area contributed by atoms with Crippen LogP contribution >= 0.6 is 0 Å². The number of hydrogen-bond donors (Lipinski definition) is 2. The van der Waals surface area contributed by atoms with E-state index in [2.05, 4.69) is 37.3 Å². The summed E-state index contributed by atoms with van der Waals surface area (Å²) in [5.41, 5.74) is 0. The maximum atomic E-state index is 5.34. The molecular weight excluding hydrogens is 316 g/mol. The molecule has 25 heavy (non-hydrogen) atoms. The molecule has 0 atom stereocenters. The molecule has 7 heteroatoms. The Labute approximate surface area is 148 Å². The highest BCUT2D eigenvalue weighted by Crippen LogP contribution is 2.14. The van der Waals surface area contributed by atoms with E-state index >= 15 is 0 Å². The van der Waals surface area contributed by atoms with Gasteiger partial charge in [-0.05, 0) is 31.9 Å². The van der Waals surface area contributed by atoms with Gasteiger partial charge in [0, 0.05) is 45.4 Å². The van der Waals surface area contributed by atoms with Crippen molar-refractivity contribution < 1.29 is 4.42 Å². The predicted octanol–water partition coefficient (Wildman–Crippen LogP) is 1.94. The fourth-order valence-electron chi connectivity index (χ4n) is 3.10. The fourth-order valence-corrected chi connectivity index (χ4v) is 3.10. The summed E-state index contributed by atoms with van der Waals surface area (Å²) in [6.07, 6.45) is 8.15. The summed E-state index contributed by atoms with van der Waals surface area (Å²) in [4.78, 5) is 4.60. The SMILES string of the molecule is CCNC(=NCCc1ccco1)NCCc1nnc2n1CCCCC2. The molecule has 0 amide bonds. The molecule has 1 aliphatic rings. The van der Waals surface area contributed by atoms with Crippen molar-refractivity contribution >= 4 is 5.96 Å². The van der Waals surface area contributed by atoms with Crippen LogP contribution in [0.1, 0.15) is 43.6 Å². The van der Waals surface area contributed by atoms with E-state index in [1.807, 2.05) is 12.1 Å². The minimum Gasteiger partial charge on any atom is -0.469 e. The zero-order valence-corrected chi connectivity index (χ0v) is 15.0. The molecule has 0 unspecified atom stereocenters. The maximum absolute atomic E-state index is 5.34. The fraction of sp³-hybridized carbons (Fsp3) is 0.611. The number of furan rings is 1. The third kappa shape index (κ3) is 5.08.